The summed E-state index contributed by atoms with van der Waals surface area (Å²) < 4.78 is 0. The number of carbonyl (C=O) groups excluding carboxylic acids is 1. The first-order chi connectivity index (χ1) is 10.7. The molecule has 0 bridgehead atoms. The highest BCUT2D eigenvalue weighted by molar-refractivity contribution is 5.91. The molecule has 0 aliphatic carbocycles. The summed E-state index contributed by atoms with van der Waals surface area (Å²) in [6.45, 7) is 3.57. The molecule has 0 unspecified atom stereocenters. The predicted octanol–water partition coefficient (Wildman–Crippen LogP) is 3.38. The van der Waals surface area contributed by atoms with Gasteiger partial charge in [-0.15, -0.1) is 0 Å². The summed E-state index contributed by atoms with van der Waals surface area (Å²) >= 11 is 0. The number of fused-ring (bicyclic) bond motifs is 1. The van der Waals surface area contributed by atoms with Gasteiger partial charge in [0.15, 0.2) is 0 Å². The van der Waals surface area contributed by atoms with Crippen molar-refractivity contribution < 1.29 is 10.0 Å². The van der Waals surface area contributed by atoms with Crippen LogP contribution in [-0.2, 0) is 17.8 Å². The van der Waals surface area contributed by atoms with Crippen LogP contribution >= 0.6 is 0 Å². The molecule has 4 heteroatoms. The van der Waals surface area contributed by atoms with Gasteiger partial charge in [-0.05, 0) is 35.7 Å². The molecule has 4 nitrogen and oxygen atoms in total. The van der Waals surface area contributed by atoms with Crippen molar-refractivity contribution in [2.24, 2.45) is 0 Å². The van der Waals surface area contributed by atoms with Gasteiger partial charge in [0.05, 0.1) is 5.69 Å². The van der Waals surface area contributed by atoms with Gasteiger partial charge in [0.1, 0.15) is 0 Å². The molecule has 0 fully saturated rings. The summed E-state index contributed by atoms with van der Waals surface area (Å²) in [6.07, 6.45) is 1.22. The van der Waals surface area contributed by atoms with Crippen LogP contribution in [0.25, 0.3) is 0 Å². The maximum absolute atomic E-state index is 11.6. The van der Waals surface area contributed by atoms with Crippen LogP contribution < -0.4 is 9.96 Å². The van der Waals surface area contributed by atoms with Crippen LogP contribution in [0.2, 0.25) is 0 Å². The third-order valence-electron chi connectivity index (χ3n) is 4.05. The van der Waals surface area contributed by atoms with Crippen molar-refractivity contribution in [3.8, 4) is 0 Å². The van der Waals surface area contributed by atoms with Crippen LogP contribution in [0.3, 0.4) is 0 Å². The molecule has 22 heavy (non-hydrogen) atoms. The zero-order valence-electron chi connectivity index (χ0n) is 12.7. The van der Waals surface area contributed by atoms with Crippen LogP contribution in [0, 0.1) is 0 Å². The van der Waals surface area contributed by atoms with Gasteiger partial charge >= 0.3 is 0 Å². The lowest BCUT2D eigenvalue weighted by atomic mass is 10.1. The summed E-state index contributed by atoms with van der Waals surface area (Å²) in [5.74, 6) is -0.293. The fourth-order valence-electron chi connectivity index (χ4n) is 2.85. The molecule has 3 rings (SSSR count). The quantitative estimate of drug-likeness (QED) is 0.695. The van der Waals surface area contributed by atoms with Gasteiger partial charge in [0, 0.05) is 25.2 Å². The van der Waals surface area contributed by atoms with E-state index >= 15 is 0 Å². The molecule has 2 aromatic rings. The lowest BCUT2D eigenvalue weighted by Crippen LogP contribution is -2.26. The Morgan fingerprint density at radius 2 is 2.00 bits per heavy atom. The smallest absolute Gasteiger partial charge is 0.250 e. The summed E-state index contributed by atoms with van der Waals surface area (Å²) in [7, 11) is 0. The van der Waals surface area contributed by atoms with Gasteiger partial charge in [0.2, 0.25) is 5.91 Å². The van der Waals surface area contributed by atoms with E-state index in [0.717, 1.165) is 24.6 Å². The van der Waals surface area contributed by atoms with Gasteiger partial charge in [-0.2, -0.15) is 5.06 Å². The lowest BCUT2D eigenvalue weighted by Gasteiger charge is -2.20. The van der Waals surface area contributed by atoms with Crippen LogP contribution in [0.5, 0.6) is 0 Å². The molecule has 1 aliphatic rings. The highest BCUT2D eigenvalue weighted by atomic mass is 16.5. The molecule has 0 radical (unpaired) electrons. The van der Waals surface area contributed by atoms with E-state index in [-0.39, 0.29) is 12.3 Å². The number of carbonyl (C=O) groups is 1. The fraction of sp³-hybridized carbons (Fsp3) is 0.278. The van der Waals surface area contributed by atoms with Gasteiger partial charge < -0.3 is 4.90 Å². The highest BCUT2D eigenvalue weighted by Crippen LogP contribution is 2.32. The van der Waals surface area contributed by atoms with E-state index in [9.17, 15) is 10.0 Å². The second-order valence-corrected chi connectivity index (χ2v) is 5.53. The van der Waals surface area contributed by atoms with Crippen LogP contribution in [0.4, 0.5) is 11.4 Å². The maximum atomic E-state index is 11.6. The first kappa shape index (κ1) is 14.6. The molecule has 2 aromatic carbocycles. The molecule has 1 N–H and O–H groups in total. The number of rotatable bonds is 4. The second-order valence-electron chi connectivity index (χ2n) is 5.53. The summed E-state index contributed by atoms with van der Waals surface area (Å²) in [5.41, 5.74) is 4.19. The third kappa shape index (κ3) is 2.83. The van der Waals surface area contributed by atoms with Crippen molar-refractivity contribution in [1.29, 1.82) is 0 Å². The van der Waals surface area contributed by atoms with E-state index in [2.05, 4.69) is 29.2 Å². The largest absolute Gasteiger partial charge is 0.367 e. The van der Waals surface area contributed by atoms with Crippen molar-refractivity contribution in [2.75, 3.05) is 16.5 Å². The van der Waals surface area contributed by atoms with Crippen LogP contribution in [0.15, 0.2) is 48.5 Å². The molecule has 0 spiro atoms. The van der Waals surface area contributed by atoms with E-state index in [1.54, 1.807) is 13.0 Å². The van der Waals surface area contributed by atoms with Crippen molar-refractivity contribution in [3.05, 3.63) is 59.7 Å². The van der Waals surface area contributed by atoms with Crippen molar-refractivity contribution in [2.45, 2.75) is 26.3 Å². The summed E-state index contributed by atoms with van der Waals surface area (Å²) in [4.78, 5) is 13.9. The number of hydrogen-bond donors (Lipinski definition) is 1. The van der Waals surface area contributed by atoms with Crippen molar-refractivity contribution >= 4 is 17.3 Å². The lowest BCUT2D eigenvalue weighted by molar-refractivity contribution is -0.123. The van der Waals surface area contributed by atoms with Gasteiger partial charge in [-0.3, -0.25) is 10.0 Å². The number of anilines is 2. The third-order valence-corrected chi connectivity index (χ3v) is 4.05. The molecule has 0 atom stereocenters. The topological polar surface area (TPSA) is 43.8 Å². The number of amides is 1. The fourth-order valence-corrected chi connectivity index (χ4v) is 2.85. The minimum Gasteiger partial charge on any atom is -0.367 e. The van der Waals surface area contributed by atoms with Gasteiger partial charge in [0.25, 0.3) is 0 Å². The SMILES string of the molecule is CCC(=O)N(O)c1ccc2c(c1)CCN2Cc1ccccc1. The summed E-state index contributed by atoms with van der Waals surface area (Å²) in [6, 6.07) is 16.1. The van der Waals surface area contributed by atoms with Crippen molar-refractivity contribution in [3.63, 3.8) is 0 Å². The Morgan fingerprint density at radius 1 is 1.23 bits per heavy atom. The zero-order chi connectivity index (χ0) is 15.5. The Kier molecular flexibility index (Phi) is 4.11. The first-order valence-electron chi connectivity index (χ1n) is 7.62. The van der Waals surface area contributed by atoms with E-state index in [4.69, 9.17) is 0 Å². The molecular formula is C18H20N2O2. The minimum atomic E-state index is -0.293. The Hall–Kier alpha value is -2.33. The zero-order valence-corrected chi connectivity index (χ0v) is 12.7. The molecular weight excluding hydrogens is 276 g/mol. The molecule has 1 heterocycles. The average Bonchev–Trinajstić information content (AvgIpc) is 2.96. The minimum absolute atomic E-state index is 0.285. The number of nitrogens with zero attached hydrogens (tertiary/aromatic N) is 2. The highest BCUT2D eigenvalue weighted by Gasteiger charge is 2.21. The Morgan fingerprint density at radius 3 is 2.73 bits per heavy atom. The van der Waals surface area contributed by atoms with E-state index in [1.165, 1.54) is 16.8 Å². The van der Waals surface area contributed by atoms with E-state index < -0.39 is 0 Å². The molecule has 0 saturated heterocycles. The number of hydrogen-bond acceptors (Lipinski definition) is 3. The monoisotopic (exact) mass is 296 g/mol. The number of benzene rings is 2. The van der Waals surface area contributed by atoms with Gasteiger partial charge in [-0.25, -0.2) is 0 Å². The Balaban J connectivity index is 1.79. The maximum Gasteiger partial charge on any atom is 0.250 e. The van der Waals surface area contributed by atoms with Crippen LogP contribution in [0.1, 0.15) is 24.5 Å². The first-order valence-corrected chi connectivity index (χ1v) is 7.62. The normalized spacial score (nSPS) is 13.1. The molecule has 0 saturated carbocycles. The van der Waals surface area contributed by atoms with Crippen molar-refractivity contribution in [1.82, 2.24) is 0 Å². The second kappa shape index (κ2) is 6.20. The summed E-state index contributed by atoms with van der Waals surface area (Å²) in [5, 5.41) is 10.6. The standard InChI is InChI=1S/C18H20N2O2/c1-2-18(21)20(22)16-8-9-17-15(12-16)10-11-19(17)13-14-6-4-3-5-7-14/h3-9,12,22H,2,10-11,13H2,1H3. The predicted molar refractivity (Wildman–Crippen MR) is 87.2 cm³/mol. The van der Waals surface area contributed by atoms with Gasteiger partial charge in [-0.1, -0.05) is 37.3 Å². The van der Waals surface area contributed by atoms with E-state index in [0.29, 0.717) is 5.69 Å². The van der Waals surface area contributed by atoms with Crippen LogP contribution in [-0.4, -0.2) is 17.7 Å². The average molecular weight is 296 g/mol. The Bertz CT molecular complexity index is 670. The number of hydroxylamine groups is 1. The molecule has 114 valence electrons. The van der Waals surface area contributed by atoms with E-state index in [1.807, 2.05) is 18.2 Å². The molecule has 1 aliphatic heterocycles. The molecule has 1 amide bonds. The molecule has 0 aromatic heterocycles. The Labute approximate surface area is 130 Å².